The monoisotopic (exact) mass is 296 g/mol. The van der Waals surface area contributed by atoms with Gasteiger partial charge in [0.25, 0.3) is 11.6 Å². The summed E-state index contributed by atoms with van der Waals surface area (Å²) in [6, 6.07) is 11.3. The minimum atomic E-state index is -0.459. The maximum Gasteiger partial charge on any atom is 0.289 e. The van der Waals surface area contributed by atoms with E-state index in [2.05, 4.69) is 15.5 Å². The highest BCUT2D eigenvalue weighted by atomic mass is 16.6. The van der Waals surface area contributed by atoms with Crippen LogP contribution in [0, 0.1) is 10.1 Å². The van der Waals surface area contributed by atoms with Crippen LogP contribution in [0.2, 0.25) is 0 Å². The van der Waals surface area contributed by atoms with E-state index in [0.29, 0.717) is 5.56 Å². The molecule has 0 fully saturated rings. The van der Waals surface area contributed by atoms with Crippen LogP contribution in [0.3, 0.4) is 0 Å². The Morgan fingerprint density at radius 3 is 2.73 bits per heavy atom. The van der Waals surface area contributed by atoms with E-state index in [4.69, 9.17) is 0 Å². The summed E-state index contributed by atoms with van der Waals surface area (Å²) in [5.74, 6) is -0.434. The number of hydrazone groups is 1. The third-order valence-electron chi connectivity index (χ3n) is 2.63. The Kier molecular flexibility index (Phi) is 5.09. The summed E-state index contributed by atoms with van der Waals surface area (Å²) in [7, 11) is 0. The van der Waals surface area contributed by atoms with Crippen LogP contribution >= 0.6 is 0 Å². The molecule has 0 aliphatic rings. The lowest BCUT2D eigenvalue weighted by Gasteiger charge is -1.97. The standard InChI is InChI=1S/C15H12N4O3/c20-15(13-8-3-4-10-16-13)18-17-11-5-7-12-6-1-2-9-14(12)19(21)22/h1-11H,(H,18,20)/b7-5-,17-11+. The van der Waals surface area contributed by atoms with Gasteiger partial charge in [-0.2, -0.15) is 5.10 Å². The fraction of sp³-hybridized carbons (Fsp3) is 0. The first-order valence-electron chi connectivity index (χ1n) is 6.33. The molecule has 2 rings (SSSR count). The molecule has 2 aromatic rings. The highest BCUT2D eigenvalue weighted by Gasteiger charge is 2.08. The number of hydrogen-bond acceptors (Lipinski definition) is 5. The molecule has 0 aliphatic heterocycles. The van der Waals surface area contributed by atoms with Crippen molar-refractivity contribution in [2.24, 2.45) is 5.10 Å². The molecular weight excluding hydrogens is 284 g/mol. The van der Waals surface area contributed by atoms with Gasteiger partial charge in [0.15, 0.2) is 0 Å². The Labute approximate surface area is 126 Å². The van der Waals surface area contributed by atoms with Gasteiger partial charge in [0.2, 0.25) is 0 Å². The first-order valence-corrected chi connectivity index (χ1v) is 6.33. The lowest BCUT2D eigenvalue weighted by molar-refractivity contribution is -0.385. The minimum absolute atomic E-state index is 0.00433. The maximum atomic E-state index is 11.6. The van der Waals surface area contributed by atoms with Gasteiger partial charge in [-0.05, 0) is 30.4 Å². The van der Waals surface area contributed by atoms with Gasteiger partial charge < -0.3 is 0 Å². The van der Waals surface area contributed by atoms with E-state index >= 15 is 0 Å². The number of rotatable bonds is 5. The number of hydrogen-bond donors (Lipinski definition) is 1. The van der Waals surface area contributed by atoms with Crippen LogP contribution in [-0.4, -0.2) is 22.0 Å². The van der Waals surface area contributed by atoms with Crippen molar-refractivity contribution in [3.63, 3.8) is 0 Å². The van der Waals surface area contributed by atoms with Crippen molar-refractivity contribution in [1.29, 1.82) is 0 Å². The average molecular weight is 296 g/mol. The summed E-state index contributed by atoms with van der Waals surface area (Å²) < 4.78 is 0. The number of pyridine rings is 1. The molecule has 0 unspecified atom stereocenters. The van der Waals surface area contributed by atoms with Gasteiger partial charge in [-0.15, -0.1) is 0 Å². The van der Waals surface area contributed by atoms with E-state index in [0.717, 1.165) is 0 Å². The van der Waals surface area contributed by atoms with Crippen molar-refractivity contribution in [2.45, 2.75) is 0 Å². The van der Waals surface area contributed by atoms with Crippen LogP contribution in [0.4, 0.5) is 5.69 Å². The quantitative estimate of drug-likeness (QED) is 0.520. The molecule has 0 atom stereocenters. The predicted molar refractivity (Wildman–Crippen MR) is 82.3 cm³/mol. The molecule has 1 heterocycles. The third kappa shape index (κ3) is 4.07. The Morgan fingerprint density at radius 1 is 1.23 bits per heavy atom. The zero-order chi connectivity index (χ0) is 15.8. The fourth-order valence-corrected chi connectivity index (χ4v) is 1.63. The molecule has 1 N–H and O–H groups in total. The fourth-order valence-electron chi connectivity index (χ4n) is 1.63. The lowest BCUT2D eigenvalue weighted by atomic mass is 10.2. The number of amides is 1. The number of carbonyl (C=O) groups excluding carboxylic acids is 1. The summed E-state index contributed by atoms with van der Waals surface area (Å²) in [6.07, 6.45) is 5.88. The van der Waals surface area contributed by atoms with Crippen LogP contribution in [0.1, 0.15) is 16.1 Å². The van der Waals surface area contributed by atoms with Crippen molar-refractivity contribution in [1.82, 2.24) is 10.4 Å². The number of allylic oxidation sites excluding steroid dienone is 1. The molecule has 0 spiro atoms. The van der Waals surface area contributed by atoms with Crippen LogP contribution in [0.25, 0.3) is 6.08 Å². The maximum absolute atomic E-state index is 11.6. The molecular formula is C15H12N4O3. The third-order valence-corrected chi connectivity index (χ3v) is 2.63. The molecule has 0 bridgehead atoms. The van der Waals surface area contributed by atoms with Crippen LogP contribution in [0.15, 0.2) is 59.8 Å². The van der Waals surface area contributed by atoms with Crippen molar-refractivity contribution in [3.8, 4) is 0 Å². The molecule has 0 saturated carbocycles. The van der Waals surface area contributed by atoms with Gasteiger partial charge >= 0.3 is 0 Å². The molecule has 1 aromatic carbocycles. The van der Waals surface area contributed by atoms with Gasteiger partial charge in [-0.1, -0.05) is 18.2 Å². The molecule has 7 heteroatoms. The van der Waals surface area contributed by atoms with Crippen molar-refractivity contribution < 1.29 is 9.72 Å². The molecule has 22 heavy (non-hydrogen) atoms. The zero-order valence-electron chi connectivity index (χ0n) is 11.4. The van der Waals surface area contributed by atoms with Crippen LogP contribution in [0.5, 0.6) is 0 Å². The first kappa shape index (κ1) is 15.0. The molecule has 0 aliphatic carbocycles. The Hall–Kier alpha value is -3.35. The van der Waals surface area contributed by atoms with Crippen LogP contribution < -0.4 is 5.43 Å². The summed E-state index contributed by atoms with van der Waals surface area (Å²) in [6.45, 7) is 0. The number of para-hydroxylation sites is 1. The highest BCUT2D eigenvalue weighted by Crippen LogP contribution is 2.18. The largest absolute Gasteiger partial charge is 0.289 e. The molecule has 110 valence electrons. The second-order valence-electron chi connectivity index (χ2n) is 4.11. The van der Waals surface area contributed by atoms with Gasteiger partial charge in [0.05, 0.1) is 10.5 Å². The van der Waals surface area contributed by atoms with Gasteiger partial charge in [-0.25, -0.2) is 5.43 Å². The van der Waals surface area contributed by atoms with E-state index in [1.807, 2.05) is 0 Å². The van der Waals surface area contributed by atoms with Gasteiger partial charge in [0.1, 0.15) is 5.69 Å². The SMILES string of the molecule is O=C(N/N=C/C=C\c1ccccc1[N+](=O)[O-])c1ccccn1. The average Bonchev–Trinajstić information content (AvgIpc) is 2.55. The minimum Gasteiger partial charge on any atom is -0.266 e. The normalized spacial score (nSPS) is 10.9. The summed E-state index contributed by atoms with van der Waals surface area (Å²) in [5, 5.41) is 14.5. The number of nitrogens with zero attached hydrogens (tertiary/aromatic N) is 3. The van der Waals surface area contributed by atoms with E-state index in [9.17, 15) is 14.9 Å². The molecule has 1 amide bonds. The number of carbonyl (C=O) groups is 1. The van der Waals surface area contributed by atoms with E-state index in [-0.39, 0.29) is 11.4 Å². The van der Waals surface area contributed by atoms with Crippen molar-refractivity contribution in [3.05, 3.63) is 76.1 Å². The molecule has 1 aromatic heterocycles. The number of aromatic nitrogens is 1. The second-order valence-corrected chi connectivity index (χ2v) is 4.11. The summed E-state index contributed by atoms with van der Waals surface area (Å²) >= 11 is 0. The van der Waals surface area contributed by atoms with E-state index in [1.165, 1.54) is 30.6 Å². The number of benzene rings is 1. The van der Waals surface area contributed by atoms with Crippen molar-refractivity contribution in [2.75, 3.05) is 0 Å². The van der Waals surface area contributed by atoms with Crippen LogP contribution in [-0.2, 0) is 0 Å². The number of nitro benzene ring substituents is 1. The van der Waals surface area contributed by atoms with Gasteiger partial charge in [-0.3, -0.25) is 19.9 Å². The van der Waals surface area contributed by atoms with Gasteiger partial charge in [0, 0.05) is 18.5 Å². The second kappa shape index (κ2) is 7.44. The lowest BCUT2D eigenvalue weighted by Crippen LogP contribution is -2.18. The Morgan fingerprint density at radius 2 is 2.00 bits per heavy atom. The molecule has 7 nitrogen and oxygen atoms in total. The van der Waals surface area contributed by atoms with E-state index < -0.39 is 10.8 Å². The number of nitro groups is 1. The Bertz CT molecular complexity index is 727. The summed E-state index contributed by atoms with van der Waals surface area (Å²) in [4.78, 5) is 25.9. The Balaban J connectivity index is 1.96. The molecule has 0 radical (unpaired) electrons. The van der Waals surface area contributed by atoms with Crippen molar-refractivity contribution >= 4 is 23.9 Å². The van der Waals surface area contributed by atoms with E-state index in [1.54, 1.807) is 36.4 Å². The predicted octanol–water partition coefficient (Wildman–Crippen LogP) is 2.42. The molecule has 0 saturated heterocycles. The smallest absolute Gasteiger partial charge is 0.266 e. The summed E-state index contributed by atoms with van der Waals surface area (Å²) in [5.41, 5.74) is 3.02. The number of nitrogens with one attached hydrogen (secondary N) is 1. The first-order chi connectivity index (χ1) is 10.7. The highest BCUT2D eigenvalue weighted by molar-refractivity contribution is 5.92. The zero-order valence-corrected chi connectivity index (χ0v) is 11.4. The topological polar surface area (TPSA) is 97.5 Å².